The third-order valence-electron chi connectivity index (χ3n) is 2.29. The van der Waals surface area contributed by atoms with Crippen LogP contribution in [0.4, 0.5) is 11.5 Å². The molecule has 0 spiro atoms. The molecule has 0 saturated heterocycles. The van der Waals surface area contributed by atoms with Crippen molar-refractivity contribution in [2.24, 2.45) is 5.84 Å². The van der Waals surface area contributed by atoms with E-state index in [0.29, 0.717) is 5.82 Å². The predicted octanol–water partition coefficient (Wildman–Crippen LogP) is 1.33. The molecule has 1 aromatic carbocycles. The normalized spacial score (nSPS) is 9.60. The molecule has 0 atom stereocenters. The topological polar surface area (TPSA) is 140 Å². The van der Waals surface area contributed by atoms with Crippen LogP contribution in [0.5, 0.6) is 11.6 Å². The highest BCUT2D eigenvalue weighted by atomic mass is 16.6. The summed E-state index contributed by atoms with van der Waals surface area (Å²) < 4.78 is 5.32. The van der Waals surface area contributed by atoms with Crippen LogP contribution in [0.2, 0.25) is 0 Å². The molecule has 100 valence electrons. The van der Waals surface area contributed by atoms with Gasteiger partial charge in [-0.25, -0.2) is 15.8 Å². The number of anilines is 1. The van der Waals surface area contributed by atoms with Crippen molar-refractivity contribution in [3.05, 3.63) is 46.3 Å². The zero-order valence-electron chi connectivity index (χ0n) is 9.98. The summed E-state index contributed by atoms with van der Waals surface area (Å²) in [5.41, 5.74) is 2.13. The van der Waals surface area contributed by atoms with Gasteiger partial charge in [0, 0.05) is 12.1 Å². The largest absolute Gasteiger partial charge is 0.432 e. The number of nitrogen functional groups attached to an aromatic ring is 1. The Morgan fingerprint density at radius 2 is 2.20 bits per heavy atom. The molecule has 0 aliphatic rings. The molecule has 3 N–H and O–H groups in total. The highest BCUT2D eigenvalue weighted by Gasteiger charge is 2.17. The van der Waals surface area contributed by atoms with Gasteiger partial charge in [0.05, 0.1) is 16.6 Å². The van der Waals surface area contributed by atoms with E-state index in [1.807, 2.05) is 6.07 Å². The Morgan fingerprint density at radius 3 is 2.85 bits per heavy atom. The first kappa shape index (κ1) is 13.2. The highest BCUT2D eigenvalue weighted by Crippen LogP contribution is 2.31. The second kappa shape index (κ2) is 5.59. The van der Waals surface area contributed by atoms with E-state index < -0.39 is 4.92 Å². The van der Waals surface area contributed by atoms with Gasteiger partial charge in [-0.3, -0.25) is 10.1 Å². The summed E-state index contributed by atoms with van der Waals surface area (Å²) in [6, 6.07) is 7.06. The fraction of sp³-hybridized carbons (Fsp3) is 0. The number of hydrogen-bond acceptors (Lipinski definition) is 8. The molecule has 0 aliphatic heterocycles. The van der Waals surface area contributed by atoms with Gasteiger partial charge in [-0.15, -0.1) is 0 Å². The van der Waals surface area contributed by atoms with Gasteiger partial charge in [-0.05, 0) is 12.1 Å². The molecule has 0 amide bonds. The zero-order chi connectivity index (χ0) is 14.5. The van der Waals surface area contributed by atoms with Crippen molar-refractivity contribution in [3.63, 3.8) is 0 Å². The molecule has 1 heterocycles. The number of aromatic nitrogens is 2. The summed E-state index contributed by atoms with van der Waals surface area (Å²) in [6.07, 6.45) is 1.19. The fourth-order valence-corrected chi connectivity index (χ4v) is 1.40. The number of benzene rings is 1. The lowest BCUT2D eigenvalue weighted by molar-refractivity contribution is -0.385. The Kier molecular flexibility index (Phi) is 3.69. The number of hydrogen-bond donors (Lipinski definition) is 2. The van der Waals surface area contributed by atoms with Gasteiger partial charge in [-0.1, -0.05) is 0 Å². The molecule has 9 heteroatoms. The van der Waals surface area contributed by atoms with E-state index >= 15 is 0 Å². The van der Waals surface area contributed by atoms with Gasteiger partial charge < -0.3 is 10.2 Å². The Hall–Kier alpha value is -3.25. The SMILES string of the molecule is N#Cc1ccc(Oc2cc(NN)ncn2)c([N+](=O)[O-])c1. The first-order valence-electron chi connectivity index (χ1n) is 5.29. The van der Waals surface area contributed by atoms with E-state index in [2.05, 4.69) is 15.4 Å². The third-order valence-corrected chi connectivity index (χ3v) is 2.29. The average molecular weight is 272 g/mol. The smallest absolute Gasteiger partial charge is 0.312 e. The first-order valence-corrected chi connectivity index (χ1v) is 5.29. The van der Waals surface area contributed by atoms with E-state index in [9.17, 15) is 10.1 Å². The quantitative estimate of drug-likeness (QED) is 0.482. The Labute approximate surface area is 112 Å². The number of nitrogens with one attached hydrogen (secondary N) is 1. The fourth-order valence-electron chi connectivity index (χ4n) is 1.40. The van der Waals surface area contributed by atoms with Crippen molar-refractivity contribution in [1.29, 1.82) is 5.26 Å². The van der Waals surface area contributed by atoms with Gasteiger partial charge in [-0.2, -0.15) is 5.26 Å². The zero-order valence-corrected chi connectivity index (χ0v) is 9.98. The highest BCUT2D eigenvalue weighted by molar-refractivity contribution is 5.53. The van der Waals surface area contributed by atoms with Crippen molar-refractivity contribution in [2.75, 3.05) is 5.43 Å². The Morgan fingerprint density at radius 1 is 1.40 bits per heavy atom. The minimum absolute atomic E-state index is 0.0318. The lowest BCUT2D eigenvalue weighted by Gasteiger charge is -2.06. The van der Waals surface area contributed by atoms with Crippen LogP contribution in [0.25, 0.3) is 0 Å². The standard InChI is InChI=1S/C11H8N6O3/c12-5-7-1-2-9(8(3-7)17(18)19)20-11-4-10(16-13)14-6-15-11/h1-4,6H,13H2,(H,14,15,16). The summed E-state index contributed by atoms with van der Waals surface area (Å²) >= 11 is 0. The van der Waals surface area contributed by atoms with Crippen LogP contribution in [0.15, 0.2) is 30.6 Å². The van der Waals surface area contributed by atoms with Gasteiger partial charge in [0.15, 0.2) is 0 Å². The molecule has 2 aromatic rings. The number of hydrazine groups is 1. The van der Waals surface area contributed by atoms with Crippen LogP contribution >= 0.6 is 0 Å². The summed E-state index contributed by atoms with van der Waals surface area (Å²) in [5.74, 6) is 5.54. The molecule has 20 heavy (non-hydrogen) atoms. The van der Waals surface area contributed by atoms with E-state index in [1.54, 1.807) is 0 Å². The molecular formula is C11H8N6O3. The summed E-state index contributed by atoms with van der Waals surface area (Å²) in [5, 5.41) is 19.7. The number of rotatable bonds is 4. The number of nitrogens with zero attached hydrogens (tertiary/aromatic N) is 4. The number of ether oxygens (including phenoxy) is 1. The molecule has 0 bridgehead atoms. The van der Waals surface area contributed by atoms with Gasteiger partial charge in [0.2, 0.25) is 11.6 Å². The van der Waals surface area contributed by atoms with E-state index in [-0.39, 0.29) is 22.9 Å². The van der Waals surface area contributed by atoms with Crippen molar-refractivity contribution in [1.82, 2.24) is 9.97 Å². The Balaban J connectivity index is 2.37. The molecule has 0 unspecified atom stereocenters. The molecule has 9 nitrogen and oxygen atoms in total. The second-order valence-corrected chi connectivity index (χ2v) is 3.54. The Bertz CT molecular complexity index is 697. The molecule has 0 fully saturated rings. The van der Waals surface area contributed by atoms with Gasteiger partial charge >= 0.3 is 5.69 Å². The average Bonchev–Trinajstić information content (AvgIpc) is 2.47. The van der Waals surface area contributed by atoms with Gasteiger partial charge in [0.1, 0.15) is 12.1 Å². The maximum absolute atomic E-state index is 11.0. The lowest BCUT2D eigenvalue weighted by Crippen LogP contribution is -2.08. The minimum Gasteiger partial charge on any atom is -0.432 e. The molecular weight excluding hydrogens is 264 g/mol. The molecule has 0 radical (unpaired) electrons. The molecule has 0 saturated carbocycles. The van der Waals surface area contributed by atoms with Crippen LogP contribution in [0, 0.1) is 21.4 Å². The van der Waals surface area contributed by atoms with Gasteiger partial charge in [0.25, 0.3) is 0 Å². The van der Waals surface area contributed by atoms with Crippen LogP contribution in [0.3, 0.4) is 0 Å². The summed E-state index contributed by atoms with van der Waals surface area (Å²) in [4.78, 5) is 17.9. The van der Waals surface area contributed by atoms with Crippen molar-refractivity contribution in [3.8, 4) is 17.7 Å². The van der Waals surface area contributed by atoms with Crippen LogP contribution < -0.4 is 16.0 Å². The van der Waals surface area contributed by atoms with Crippen molar-refractivity contribution >= 4 is 11.5 Å². The number of nitro benzene ring substituents is 1. The molecule has 2 rings (SSSR count). The monoisotopic (exact) mass is 272 g/mol. The van der Waals surface area contributed by atoms with Crippen molar-refractivity contribution < 1.29 is 9.66 Å². The number of nitrogens with two attached hydrogens (primary N) is 1. The minimum atomic E-state index is -0.639. The summed E-state index contributed by atoms with van der Waals surface area (Å²) in [6.45, 7) is 0. The maximum atomic E-state index is 11.0. The third kappa shape index (κ3) is 2.77. The lowest BCUT2D eigenvalue weighted by atomic mass is 10.2. The first-order chi connectivity index (χ1) is 9.63. The van der Waals surface area contributed by atoms with E-state index in [4.69, 9.17) is 15.8 Å². The molecule has 0 aliphatic carbocycles. The number of nitro groups is 1. The van der Waals surface area contributed by atoms with E-state index in [1.165, 1.54) is 24.5 Å². The van der Waals surface area contributed by atoms with Crippen molar-refractivity contribution in [2.45, 2.75) is 0 Å². The van der Waals surface area contributed by atoms with Crippen LogP contribution in [-0.2, 0) is 0 Å². The summed E-state index contributed by atoms with van der Waals surface area (Å²) in [7, 11) is 0. The maximum Gasteiger partial charge on any atom is 0.312 e. The molecule has 1 aromatic heterocycles. The van der Waals surface area contributed by atoms with E-state index in [0.717, 1.165) is 6.07 Å². The van der Waals surface area contributed by atoms with Crippen LogP contribution in [0.1, 0.15) is 5.56 Å². The predicted molar refractivity (Wildman–Crippen MR) is 67.7 cm³/mol. The number of nitriles is 1. The van der Waals surface area contributed by atoms with Crippen LogP contribution in [-0.4, -0.2) is 14.9 Å². The second-order valence-electron chi connectivity index (χ2n) is 3.54.